The topological polar surface area (TPSA) is 107 Å². The number of benzene rings is 3. The van der Waals surface area contributed by atoms with Gasteiger partial charge in [-0.25, -0.2) is 15.0 Å². The molecule has 0 aliphatic carbocycles. The predicted octanol–water partition coefficient (Wildman–Crippen LogP) is 9.15. The normalized spacial score (nSPS) is 14.5. The first-order valence-corrected chi connectivity index (χ1v) is 18.1. The number of nitrogens with zero attached hydrogens (tertiary/aromatic N) is 7. The molecule has 12 heteroatoms. The van der Waals surface area contributed by atoms with E-state index in [4.69, 9.17) is 27.9 Å². The molecular weight excluding hydrogens is 695 g/mol. The van der Waals surface area contributed by atoms with Crippen LogP contribution in [0, 0.1) is 27.7 Å². The highest BCUT2D eigenvalue weighted by Gasteiger charge is 2.37. The van der Waals surface area contributed by atoms with Crippen LogP contribution in [0.2, 0.25) is 10.0 Å². The SMILES string of the molecule is Cc1cc(OCCCc2c3n(c4c(-c5c(C)ncnc5C)c(Cl)ccc24)[C@H](C)CN(c2cn(C)c4ccc(-c5nc[nH]n5)cc24)C3=O)cc(C)c1Cl. The summed E-state index contributed by atoms with van der Waals surface area (Å²) in [5, 5.41) is 10.4. The number of anilines is 1. The molecule has 0 saturated carbocycles. The lowest BCUT2D eigenvalue weighted by molar-refractivity contribution is 0.0957. The Hall–Kier alpha value is -5.19. The molecule has 1 N–H and O–H groups in total. The van der Waals surface area contributed by atoms with Gasteiger partial charge in [0.1, 0.15) is 24.1 Å². The van der Waals surface area contributed by atoms with Crippen molar-refractivity contribution in [3.63, 3.8) is 0 Å². The first-order chi connectivity index (χ1) is 25.0. The Morgan fingerprint density at radius 1 is 0.942 bits per heavy atom. The molecule has 1 amide bonds. The van der Waals surface area contributed by atoms with E-state index in [9.17, 15) is 0 Å². The van der Waals surface area contributed by atoms with Crippen LogP contribution >= 0.6 is 23.2 Å². The van der Waals surface area contributed by atoms with Crippen LogP contribution in [0.25, 0.3) is 44.3 Å². The molecule has 10 nitrogen and oxygen atoms in total. The van der Waals surface area contributed by atoms with Gasteiger partial charge >= 0.3 is 0 Å². The lowest BCUT2D eigenvalue weighted by atomic mass is 9.97. The lowest BCUT2D eigenvalue weighted by Gasteiger charge is -2.34. The number of carbonyl (C=O) groups excluding carboxylic acids is 1. The molecular formula is C40H38Cl2N8O2. The van der Waals surface area contributed by atoms with Gasteiger partial charge < -0.3 is 18.8 Å². The molecule has 0 fully saturated rings. The van der Waals surface area contributed by atoms with Crippen molar-refractivity contribution in [1.82, 2.24) is 34.3 Å². The molecule has 7 aromatic rings. The fraction of sp³-hybridized carbons (Fsp3) is 0.275. The van der Waals surface area contributed by atoms with E-state index in [1.807, 2.05) is 70.1 Å². The number of rotatable bonds is 8. The summed E-state index contributed by atoms with van der Waals surface area (Å²) in [5.74, 6) is 1.32. The summed E-state index contributed by atoms with van der Waals surface area (Å²) < 4.78 is 10.5. The fourth-order valence-electron chi connectivity index (χ4n) is 7.83. The largest absolute Gasteiger partial charge is 0.494 e. The average molecular weight is 734 g/mol. The maximum absolute atomic E-state index is 15.1. The van der Waals surface area contributed by atoms with E-state index in [1.165, 1.54) is 0 Å². The van der Waals surface area contributed by atoms with E-state index in [2.05, 4.69) is 59.4 Å². The molecule has 4 aromatic heterocycles. The summed E-state index contributed by atoms with van der Waals surface area (Å²) in [6.45, 7) is 11.0. The minimum absolute atomic E-state index is 0.0650. The summed E-state index contributed by atoms with van der Waals surface area (Å²) in [4.78, 5) is 30.5. The second-order valence-electron chi connectivity index (χ2n) is 13.7. The van der Waals surface area contributed by atoms with E-state index < -0.39 is 0 Å². The summed E-state index contributed by atoms with van der Waals surface area (Å²) in [6.07, 6.45) is 6.48. The number of H-pyrrole nitrogens is 1. The van der Waals surface area contributed by atoms with E-state index in [0.29, 0.717) is 42.5 Å². The number of amides is 1. The average Bonchev–Trinajstić information content (AvgIpc) is 3.85. The zero-order valence-electron chi connectivity index (χ0n) is 29.9. The van der Waals surface area contributed by atoms with E-state index >= 15 is 4.79 Å². The number of ether oxygens (including phenoxy) is 1. The second kappa shape index (κ2) is 13.1. The third-order valence-electron chi connectivity index (χ3n) is 10.2. The van der Waals surface area contributed by atoms with Crippen LogP contribution < -0.4 is 9.64 Å². The van der Waals surface area contributed by atoms with Crippen molar-refractivity contribution >= 4 is 56.6 Å². The van der Waals surface area contributed by atoms with Gasteiger partial charge in [0.05, 0.1) is 22.8 Å². The summed E-state index contributed by atoms with van der Waals surface area (Å²) in [5.41, 5.74) is 10.6. The van der Waals surface area contributed by atoms with Crippen molar-refractivity contribution in [1.29, 1.82) is 0 Å². The third kappa shape index (κ3) is 5.52. The second-order valence-corrected chi connectivity index (χ2v) is 14.5. The Bertz CT molecular complexity index is 2490. The third-order valence-corrected chi connectivity index (χ3v) is 11.1. The number of carbonyl (C=O) groups is 1. The number of aryl methyl sites for hydroxylation is 6. The molecule has 1 aliphatic heterocycles. The standard InChI is InChI=1S/C40H38Cl2N8O2/c1-21-14-27(15-22(2)36(21)42)52-13-7-8-28-29-10-11-31(41)35(34-24(4)43-19-44-25(34)5)37(29)50-23(3)17-49(40(51)38(28)50)33-18-48(6)32-12-9-26(16-30(32)33)39-45-20-46-47-39/h9-12,14-16,18-20,23H,7-8,13,17H2,1-6H3,(H,45,46,47)/t23-/m1/s1. The van der Waals surface area contributed by atoms with Crippen LogP contribution in [-0.4, -0.2) is 53.3 Å². The molecule has 1 atom stereocenters. The van der Waals surface area contributed by atoms with Gasteiger partial charge in [0.2, 0.25) is 0 Å². The van der Waals surface area contributed by atoms with E-state index in [0.717, 1.165) is 83.0 Å². The fourth-order valence-corrected chi connectivity index (χ4v) is 8.19. The molecule has 0 radical (unpaired) electrons. The molecule has 3 aromatic carbocycles. The van der Waals surface area contributed by atoms with Crippen molar-refractivity contribution in [2.45, 2.75) is 53.5 Å². The highest BCUT2D eigenvalue weighted by molar-refractivity contribution is 6.35. The Kier molecular flexibility index (Phi) is 8.54. The minimum Gasteiger partial charge on any atom is -0.494 e. The predicted molar refractivity (Wildman–Crippen MR) is 207 cm³/mol. The molecule has 0 spiro atoms. The Labute approximate surface area is 311 Å². The number of fused-ring (bicyclic) bond motifs is 4. The van der Waals surface area contributed by atoms with Crippen LogP contribution in [0.4, 0.5) is 5.69 Å². The number of halogens is 2. The van der Waals surface area contributed by atoms with Gasteiger partial charge in [-0.15, -0.1) is 0 Å². The zero-order valence-corrected chi connectivity index (χ0v) is 31.4. The van der Waals surface area contributed by atoms with Gasteiger partial charge in [-0.3, -0.25) is 9.89 Å². The molecule has 52 heavy (non-hydrogen) atoms. The van der Waals surface area contributed by atoms with E-state index in [-0.39, 0.29) is 11.9 Å². The van der Waals surface area contributed by atoms with Gasteiger partial charge in [0, 0.05) is 75.2 Å². The van der Waals surface area contributed by atoms with Crippen molar-refractivity contribution < 1.29 is 9.53 Å². The van der Waals surface area contributed by atoms with Gasteiger partial charge in [-0.2, -0.15) is 5.10 Å². The quantitative estimate of drug-likeness (QED) is 0.156. The minimum atomic E-state index is -0.0888. The van der Waals surface area contributed by atoms with Crippen molar-refractivity contribution in [3.8, 4) is 28.3 Å². The van der Waals surface area contributed by atoms with Crippen LogP contribution in [0.15, 0.2) is 61.3 Å². The van der Waals surface area contributed by atoms with Crippen LogP contribution in [0.5, 0.6) is 5.75 Å². The van der Waals surface area contributed by atoms with Crippen LogP contribution in [-0.2, 0) is 13.5 Å². The summed E-state index contributed by atoms with van der Waals surface area (Å²) >= 11 is 13.5. The highest BCUT2D eigenvalue weighted by Crippen LogP contribution is 2.45. The summed E-state index contributed by atoms with van der Waals surface area (Å²) in [7, 11) is 2.00. The number of aromatic amines is 1. The van der Waals surface area contributed by atoms with Gasteiger partial charge in [0.25, 0.3) is 5.91 Å². The van der Waals surface area contributed by atoms with Crippen LogP contribution in [0.3, 0.4) is 0 Å². The Morgan fingerprint density at radius 3 is 2.40 bits per heavy atom. The monoisotopic (exact) mass is 732 g/mol. The first kappa shape index (κ1) is 33.9. The molecule has 0 saturated heterocycles. The van der Waals surface area contributed by atoms with E-state index in [1.54, 1.807) is 12.7 Å². The Balaban J connectivity index is 1.26. The molecule has 1 aliphatic rings. The first-order valence-electron chi connectivity index (χ1n) is 17.3. The summed E-state index contributed by atoms with van der Waals surface area (Å²) in [6, 6.07) is 13.9. The molecule has 0 bridgehead atoms. The number of aromatic nitrogens is 7. The van der Waals surface area contributed by atoms with Gasteiger partial charge in [0.15, 0.2) is 5.82 Å². The molecule has 264 valence electrons. The highest BCUT2D eigenvalue weighted by atomic mass is 35.5. The van der Waals surface area contributed by atoms with Crippen molar-refractivity contribution in [2.24, 2.45) is 7.05 Å². The lowest BCUT2D eigenvalue weighted by Crippen LogP contribution is -2.42. The number of hydrogen-bond donors (Lipinski definition) is 1. The van der Waals surface area contributed by atoms with Gasteiger partial charge in [-0.05, 0) is 101 Å². The number of nitrogens with one attached hydrogen (secondary N) is 1. The molecule has 5 heterocycles. The maximum Gasteiger partial charge on any atom is 0.275 e. The van der Waals surface area contributed by atoms with Crippen molar-refractivity contribution in [2.75, 3.05) is 18.1 Å². The molecule has 0 unspecified atom stereocenters. The zero-order chi connectivity index (χ0) is 36.4. The maximum atomic E-state index is 15.1. The Morgan fingerprint density at radius 2 is 1.69 bits per heavy atom. The molecule has 8 rings (SSSR count). The number of hydrogen-bond acceptors (Lipinski definition) is 6. The van der Waals surface area contributed by atoms with Gasteiger partial charge in [-0.1, -0.05) is 29.3 Å². The van der Waals surface area contributed by atoms with Crippen molar-refractivity contribution in [3.05, 3.63) is 105 Å². The smallest absolute Gasteiger partial charge is 0.275 e. The van der Waals surface area contributed by atoms with Crippen LogP contribution in [0.1, 0.15) is 58.0 Å².